The van der Waals surface area contributed by atoms with Crippen molar-refractivity contribution in [1.29, 1.82) is 0 Å². The molecule has 0 spiro atoms. The molecule has 0 radical (unpaired) electrons. The summed E-state index contributed by atoms with van der Waals surface area (Å²) in [5.41, 5.74) is 3.54. The summed E-state index contributed by atoms with van der Waals surface area (Å²) in [6.45, 7) is 3.00. The Balaban J connectivity index is 0.000000514. The predicted octanol–water partition coefficient (Wildman–Crippen LogP) is 5.81. The van der Waals surface area contributed by atoms with Crippen LogP contribution in [-0.2, 0) is 4.74 Å². The molecule has 0 atom stereocenters. The molecule has 1 saturated heterocycles. The Labute approximate surface area is 207 Å². The van der Waals surface area contributed by atoms with Crippen molar-refractivity contribution >= 4 is 51.6 Å². The zero-order valence-electron chi connectivity index (χ0n) is 19.0. The van der Waals surface area contributed by atoms with Crippen LogP contribution in [0.4, 0.5) is 16.2 Å². The molecule has 2 aromatic carbocycles. The van der Waals surface area contributed by atoms with Crippen molar-refractivity contribution in [3.8, 4) is 0 Å². The molecule has 0 aliphatic carbocycles. The van der Waals surface area contributed by atoms with E-state index in [1.165, 1.54) is 6.08 Å². The fourth-order valence-electron chi connectivity index (χ4n) is 3.65. The number of ketones is 1. The molecule has 1 aliphatic rings. The van der Waals surface area contributed by atoms with Crippen molar-refractivity contribution in [3.63, 3.8) is 0 Å². The minimum atomic E-state index is -1.15. The topological polar surface area (TPSA) is 91.8 Å². The summed E-state index contributed by atoms with van der Waals surface area (Å²) in [5.74, 6) is -0.181. The van der Waals surface area contributed by atoms with E-state index in [-0.39, 0.29) is 5.78 Å². The van der Waals surface area contributed by atoms with E-state index in [0.717, 1.165) is 29.7 Å². The Morgan fingerprint density at radius 1 is 1.00 bits per heavy atom. The molecule has 1 fully saturated rings. The molecule has 35 heavy (non-hydrogen) atoms. The number of benzene rings is 2. The zero-order valence-corrected chi connectivity index (χ0v) is 19.8. The molecular weight excluding hydrogens is 462 g/mol. The largest absolute Gasteiger partial charge is 0.465 e. The van der Waals surface area contributed by atoms with Crippen LogP contribution in [0, 0.1) is 0 Å². The number of hydrogen-bond donors (Lipinski definition) is 2. The van der Waals surface area contributed by atoms with Gasteiger partial charge in [0.2, 0.25) is 0 Å². The maximum Gasteiger partial charge on any atom is 0.409 e. The highest BCUT2D eigenvalue weighted by Gasteiger charge is 2.15. The maximum atomic E-state index is 12.5. The average molecular weight is 488 g/mol. The van der Waals surface area contributed by atoms with E-state index in [1.807, 2.05) is 47.2 Å². The molecule has 5 rings (SSSR count). The lowest BCUT2D eigenvalue weighted by Gasteiger charge is -2.30. The lowest BCUT2D eigenvalue weighted by molar-refractivity contribution is 0.104. The molecule has 0 saturated carbocycles. The highest BCUT2D eigenvalue weighted by atomic mass is 32.1. The first-order valence-corrected chi connectivity index (χ1v) is 12.1. The number of carbonyl (C=O) groups is 2. The van der Waals surface area contributed by atoms with E-state index in [4.69, 9.17) is 9.84 Å². The molecule has 8 heteroatoms. The molecule has 7 nitrogen and oxygen atoms in total. The maximum absolute atomic E-state index is 12.5. The number of nitrogens with one attached hydrogen (secondary N) is 1. The molecule has 4 aromatic rings. The summed E-state index contributed by atoms with van der Waals surface area (Å²) in [4.78, 5) is 30.1. The second-order valence-corrected chi connectivity index (χ2v) is 8.50. The number of pyridine rings is 1. The Bertz CT molecular complexity index is 1280. The first-order valence-electron chi connectivity index (χ1n) is 11.1. The fraction of sp³-hybridized carbons (Fsp3) is 0.148. The van der Waals surface area contributed by atoms with Gasteiger partial charge < -0.3 is 14.7 Å². The number of morpholine rings is 1. The third kappa shape index (κ3) is 6.75. The second kappa shape index (κ2) is 11.9. The van der Waals surface area contributed by atoms with Crippen LogP contribution in [0.3, 0.4) is 0 Å². The highest BCUT2D eigenvalue weighted by Crippen LogP contribution is 2.28. The number of thiophene rings is 1. The van der Waals surface area contributed by atoms with Crippen molar-refractivity contribution < 1.29 is 19.4 Å². The van der Waals surface area contributed by atoms with Crippen LogP contribution in [0.25, 0.3) is 17.0 Å². The second-order valence-electron chi connectivity index (χ2n) is 7.68. The van der Waals surface area contributed by atoms with Gasteiger partial charge in [-0.05, 0) is 59.3 Å². The van der Waals surface area contributed by atoms with Gasteiger partial charge in [-0.1, -0.05) is 30.3 Å². The minimum absolute atomic E-state index is 0.181. The number of para-hydroxylation sites is 1. The molecule has 0 unspecified atom stereocenters. The number of hydrogen-bond acceptors (Lipinski definition) is 6. The SMILES string of the molecule is O=C(O)Nc1ccc(C(=O)C=Cc2cc(N3CCOCC3)c3ccccc3n2)cc1.c1ccsc1. The quantitative estimate of drug-likeness (QED) is 0.273. The molecule has 178 valence electrons. The number of ether oxygens (including phenoxy) is 1. The molecule has 1 amide bonds. The van der Waals surface area contributed by atoms with Gasteiger partial charge >= 0.3 is 6.09 Å². The highest BCUT2D eigenvalue weighted by molar-refractivity contribution is 7.07. The molecule has 0 bridgehead atoms. The van der Waals surface area contributed by atoms with Crippen LogP contribution < -0.4 is 10.2 Å². The van der Waals surface area contributed by atoms with Crippen molar-refractivity contribution in [2.45, 2.75) is 0 Å². The monoisotopic (exact) mass is 487 g/mol. The lowest BCUT2D eigenvalue weighted by atomic mass is 10.1. The van der Waals surface area contributed by atoms with E-state index in [2.05, 4.69) is 21.3 Å². The number of carboxylic acid groups (broad SMARTS) is 1. The van der Waals surface area contributed by atoms with Crippen LogP contribution >= 0.6 is 11.3 Å². The van der Waals surface area contributed by atoms with E-state index in [0.29, 0.717) is 30.2 Å². The Hall–Kier alpha value is -4.01. The van der Waals surface area contributed by atoms with E-state index >= 15 is 0 Å². The minimum Gasteiger partial charge on any atom is -0.465 e. The van der Waals surface area contributed by atoms with Gasteiger partial charge in [0.15, 0.2) is 5.78 Å². The van der Waals surface area contributed by atoms with Gasteiger partial charge in [-0.2, -0.15) is 11.3 Å². The summed E-state index contributed by atoms with van der Waals surface area (Å²) in [6.07, 6.45) is 2.05. The average Bonchev–Trinajstić information content (AvgIpc) is 3.48. The summed E-state index contributed by atoms with van der Waals surface area (Å²) >= 11 is 1.71. The van der Waals surface area contributed by atoms with Crippen LogP contribution in [0.5, 0.6) is 0 Å². The fourth-order valence-corrected chi connectivity index (χ4v) is 4.11. The summed E-state index contributed by atoms with van der Waals surface area (Å²) in [6, 6.07) is 20.3. The van der Waals surface area contributed by atoms with Crippen molar-refractivity contribution in [3.05, 3.63) is 94.8 Å². The van der Waals surface area contributed by atoms with E-state index in [9.17, 15) is 9.59 Å². The smallest absolute Gasteiger partial charge is 0.409 e. The van der Waals surface area contributed by atoms with Crippen LogP contribution in [0.15, 0.2) is 83.6 Å². The van der Waals surface area contributed by atoms with Gasteiger partial charge in [0.25, 0.3) is 0 Å². The number of carbonyl (C=O) groups excluding carboxylic acids is 1. The van der Waals surface area contributed by atoms with Gasteiger partial charge in [-0.3, -0.25) is 10.1 Å². The lowest BCUT2D eigenvalue weighted by Crippen LogP contribution is -2.36. The first-order chi connectivity index (χ1) is 17.1. The van der Waals surface area contributed by atoms with E-state index in [1.54, 1.807) is 41.7 Å². The van der Waals surface area contributed by atoms with E-state index < -0.39 is 6.09 Å². The van der Waals surface area contributed by atoms with Gasteiger partial charge in [0.1, 0.15) is 0 Å². The molecule has 1 aliphatic heterocycles. The number of amides is 1. The summed E-state index contributed by atoms with van der Waals surface area (Å²) in [5, 5.41) is 16.1. The number of allylic oxidation sites excluding steroid dienone is 1. The van der Waals surface area contributed by atoms with Crippen molar-refractivity contribution in [2.75, 3.05) is 36.5 Å². The first kappa shape index (κ1) is 24.1. The Morgan fingerprint density at radius 2 is 1.71 bits per heavy atom. The molecule has 2 N–H and O–H groups in total. The van der Waals surface area contributed by atoms with Gasteiger partial charge in [0, 0.05) is 35.4 Å². The molecule has 2 aromatic heterocycles. The Kier molecular flexibility index (Phi) is 8.21. The summed E-state index contributed by atoms with van der Waals surface area (Å²) in [7, 11) is 0. The molecular formula is C27H25N3O4S. The van der Waals surface area contributed by atoms with Gasteiger partial charge in [-0.15, -0.1) is 0 Å². The van der Waals surface area contributed by atoms with Crippen molar-refractivity contribution in [1.82, 2.24) is 4.98 Å². The third-order valence-corrected chi connectivity index (χ3v) is 5.95. The van der Waals surface area contributed by atoms with Gasteiger partial charge in [0.05, 0.1) is 24.4 Å². The van der Waals surface area contributed by atoms with Crippen LogP contribution in [0.2, 0.25) is 0 Å². The Morgan fingerprint density at radius 3 is 2.37 bits per heavy atom. The number of aromatic nitrogens is 1. The molecule has 3 heterocycles. The summed E-state index contributed by atoms with van der Waals surface area (Å²) < 4.78 is 5.47. The number of fused-ring (bicyclic) bond motifs is 1. The van der Waals surface area contributed by atoms with Crippen LogP contribution in [0.1, 0.15) is 16.1 Å². The third-order valence-electron chi connectivity index (χ3n) is 5.32. The number of anilines is 2. The van der Waals surface area contributed by atoms with Crippen molar-refractivity contribution in [2.24, 2.45) is 0 Å². The predicted molar refractivity (Wildman–Crippen MR) is 141 cm³/mol. The zero-order chi connectivity index (χ0) is 24.5. The van der Waals surface area contributed by atoms with Crippen LogP contribution in [-0.4, -0.2) is 48.3 Å². The normalized spacial score (nSPS) is 13.3. The number of rotatable bonds is 5. The number of nitrogens with zero attached hydrogens (tertiary/aromatic N) is 2. The standard InChI is InChI=1S/C23H21N3O4.C4H4S/c27-22(16-5-7-17(8-6-16)25-23(28)29)10-9-18-15-21(26-11-13-30-14-12-26)19-3-1-2-4-20(19)24-18;1-2-4-5-3-1/h1-10,15,25H,11-14H2,(H,28,29);1-4H. The van der Waals surface area contributed by atoms with Gasteiger partial charge in [-0.25, -0.2) is 9.78 Å².